The summed E-state index contributed by atoms with van der Waals surface area (Å²) in [6.45, 7) is 9.31. The van der Waals surface area contributed by atoms with E-state index in [0.717, 1.165) is 31.5 Å². The normalized spacial score (nSPS) is 27.8. The fraction of sp³-hybridized carbons (Fsp3) is 0.625. The molecule has 0 aromatic heterocycles. The number of nitrogens with one attached hydrogen (secondary N) is 1. The van der Waals surface area contributed by atoms with E-state index in [4.69, 9.17) is 11.6 Å². The van der Waals surface area contributed by atoms with Crippen molar-refractivity contribution in [1.82, 2.24) is 10.2 Å². The van der Waals surface area contributed by atoms with Crippen LogP contribution in [0.5, 0.6) is 0 Å². The van der Waals surface area contributed by atoms with Crippen molar-refractivity contribution >= 4 is 11.6 Å². The average Bonchev–Trinajstić information content (AvgIpc) is 2.44. The first kappa shape index (κ1) is 15.7. The predicted octanol–water partition coefficient (Wildman–Crippen LogP) is 3.83. The van der Waals surface area contributed by atoms with Gasteiger partial charge >= 0.3 is 0 Å². The van der Waals surface area contributed by atoms with Crippen molar-refractivity contribution in [3.63, 3.8) is 0 Å². The van der Waals surface area contributed by atoms with E-state index in [0.29, 0.717) is 12.6 Å². The molecule has 0 amide bonds. The van der Waals surface area contributed by atoms with Gasteiger partial charge in [-0.05, 0) is 31.4 Å². The summed E-state index contributed by atoms with van der Waals surface area (Å²) in [6, 6.07) is 5.55. The number of benzene rings is 1. The Labute approximate surface area is 126 Å². The van der Waals surface area contributed by atoms with Gasteiger partial charge in [0.1, 0.15) is 5.82 Å². The maximum atomic E-state index is 13.6. The van der Waals surface area contributed by atoms with Crippen LogP contribution >= 0.6 is 11.6 Å². The summed E-state index contributed by atoms with van der Waals surface area (Å²) in [7, 11) is 0. The zero-order chi connectivity index (χ0) is 14.8. The standard InChI is InChI=1S/C16H24ClFN2/c1-4-13-9-19-16(3,5-2)11-20(13)10-12-7-6-8-14(18)15(12)17/h6-8,13,19H,4-5,9-11H2,1-3H3. The summed E-state index contributed by atoms with van der Waals surface area (Å²) in [5.41, 5.74) is 1.01. The van der Waals surface area contributed by atoms with Crippen LogP contribution in [-0.2, 0) is 6.54 Å². The smallest absolute Gasteiger partial charge is 0.142 e. The molecule has 2 nitrogen and oxygen atoms in total. The number of rotatable bonds is 4. The number of piperazine rings is 1. The Kier molecular flexibility index (Phi) is 5.05. The number of hydrogen-bond acceptors (Lipinski definition) is 2. The summed E-state index contributed by atoms with van der Waals surface area (Å²) in [4.78, 5) is 2.43. The van der Waals surface area contributed by atoms with Crippen LogP contribution in [0.1, 0.15) is 39.2 Å². The van der Waals surface area contributed by atoms with Crippen molar-refractivity contribution in [3.05, 3.63) is 34.6 Å². The second-order valence-corrected chi connectivity index (χ2v) is 6.35. The Morgan fingerprint density at radius 1 is 1.45 bits per heavy atom. The highest BCUT2D eigenvalue weighted by Gasteiger charge is 2.33. The summed E-state index contributed by atoms with van der Waals surface area (Å²) < 4.78 is 13.6. The second-order valence-electron chi connectivity index (χ2n) is 5.98. The van der Waals surface area contributed by atoms with Crippen LogP contribution in [0.25, 0.3) is 0 Å². The molecule has 0 radical (unpaired) electrons. The van der Waals surface area contributed by atoms with Gasteiger partial charge < -0.3 is 5.32 Å². The Balaban J connectivity index is 2.17. The highest BCUT2D eigenvalue weighted by atomic mass is 35.5. The molecule has 0 aliphatic carbocycles. The molecule has 2 unspecified atom stereocenters. The van der Waals surface area contributed by atoms with Gasteiger partial charge in [0.05, 0.1) is 5.02 Å². The van der Waals surface area contributed by atoms with E-state index < -0.39 is 0 Å². The van der Waals surface area contributed by atoms with E-state index in [9.17, 15) is 4.39 Å². The molecule has 1 saturated heterocycles. The zero-order valence-corrected chi connectivity index (χ0v) is 13.3. The predicted molar refractivity (Wildman–Crippen MR) is 82.6 cm³/mol. The molecule has 1 aromatic carbocycles. The van der Waals surface area contributed by atoms with Crippen molar-refractivity contribution in [3.8, 4) is 0 Å². The molecule has 1 aliphatic rings. The minimum Gasteiger partial charge on any atom is -0.309 e. The first-order valence-electron chi connectivity index (χ1n) is 7.41. The summed E-state index contributed by atoms with van der Waals surface area (Å²) in [6.07, 6.45) is 2.16. The largest absolute Gasteiger partial charge is 0.309 e. The van der Waals surface area contributed by atoms with Gasteiger partial charge in [-0.2, -0.15) is 0 Å². The summed E-state index contributed by atoms with van der Waals surface area (Å²) in [5, 5.41) is 3.90. The van der Waals surface area contributed by atoms with Gasteiger partial charge in [-0.3, -0.25) is 4.90 Å². The lowest BCUT2D eigenvalue weighted by molar-refractivity contribution is 0.0754. The highest BCUT2D eigenvalue weighted by molar-refractivity contribution is 6.31. The lowest BCUT2D eigenvalue weighted by Crippen LogP contribution is -2.62. The SMILES string of the molecule is CCC1CNC(C)(CC)CN1Cc1cccc(F)c1Cl. The fourth-order valence-electron chi connectivity index (χ4n) is 2.84. The zero-order valence-electron chi connectivity index (χ0n) is 12.5. The Morgan fingerprint density at radius 2 is 2.20 bits per heavy atom. The van der Waals surface area contributed by atoms with Gasteiger partial charge in [0.15, 0.2) is 0 Å². The van der Waals surface area contributed by atoms with Gasteiger partial charge in [0.2, 0.25) is 0 Å². The third-order valence-electron chi connectivity index (χ3n) is 4.49. The van der Waals surface area contributed by atoms with Gasteiger partial charge in [0, 0.05) is 31.2 Å². The van der Waals surface area contributed by atoms with E-state index in [2.05, 4.69) is 31.0 Å². The van der Waals surface area contributed by atoms with Crippen LogP contribution < -0.4 is 5.32 Å². The molecule has 0 spiro atoms. The van der Waals surface area contributed by atoms with Crippen molar-refractivity contribution in [2.45, 2.75) is 51.7 Å². The third kappa shape index (κ3) is 3.33. The molecule has 0 bridgehead atoms. The molecule has 0 saturated carbocycles. The Morgan fingerprint density at radius 3 is 2.85 bits per heavy atom. The van der Waals surface area contributed by atoms with Crippen molar-refractivity contribution in [2.24, 2.45) is 0 Å². The van der Waals surface area contributed by atoms with Crippen molar-refractivity contribution in [1.29, 1.82) is 0 Å². The minimum atomic E-state index is -0.328. The van der Waals surface area contributed by atoms with Gasteiger partial charge in [-0.25, -0.2) is 4.39 Å². The molecule has 20 heavy (non-hydrogen) atoms. The first-order valence-corrected chi connectivity index (χ1v) is 7.79. The molecule has 1 N–H and O–H groups in total. The molecule has 2 atom stereocenters. The molecular weight excluding hydrogens is 275 g/mol. The van der Waals surface area contributed by atoms with E-state index in [1.54, 1.807) is 6.07 Å². The van der Waals surface area contributed by atoms with Crippen LogP contribution in [0.2, 0.25) is 5.02 Å². The average molecular weight is 299 g/mol. The molecule has 1 aliphatic heterocycles. The number of halogens is 2. The van der Waals surface area contributed by atoms with Crippen molar-refractivity contribution < 1.29 is 4.39 Å². The molecular formula is C16H24ClFN2. The quantitative estimate of drug-likeness (QED) is 0.909. The lowest BCUT2D eigenvalue weighted by atomic mass is 9.92. The molecule has 1 heterocycles. The maximum absolute atomic E-state index is 13.6. The maximum Gasteiger partial charge on any atom is 0.142 e. The Hall–Kier alpha value is -0.640. The third-order valence-corrected chi connectivity index (χ3v) is 4.91. The number of nitrogens with zero attached hydrogens (tertiary/aromatic N) is 1. The van der Waals surface area contributed by atoms with E-state index >= 15 is 0 Å². The molecule has 1 fully saturated rings. The van der Waals surface area contributed by atoms with Crippen LogP contribution in [0.3, 0.4) is 0 Å². The minimum absolute atomic E-state index is 0.130. The van der Waals surface area contributed by atoms with Crippen molar-refractivity contribution in [2.75, 3.05) is 13.1 Å². The van der Waals surface area contributed by atoms with Gasteiger partial charge in [-0.15, -0.1) is 0 Å². The summed E-state index contributed by atoms with van der Waals surface area (Å²) >= 11 is 6.09. The van der Waals surface area contributed by atoms with Gasteiger partial charge in [0.25, 0.3) is 0 Å². The first-order chi connectivity index (χ1) is 9.49. The lowest BCUT2D eigenvalue weighted by Gasteiger charge is -2.46. The van der Waals surface area contributed by atoms with E-state index in [1.165, 1.54) is 6.07 Å². The molecule has 1 aromatic rings. The Bertz CT molecular complexity index is 466. The number of hydrogen-bond donors (Lipinski definition) is 1. The second kappa shape index (κ2) is 6.42. The van der Waals surface area contributed by atoms with Crippen LogP contribution in [0.4, 0.5) is 4.39 Å². The van der Waals surface area contributed by atoms with Crippen LogP contribution in [-0.4, -0.2) is 29.6 Å². The van der Waals surface area contributed by atoms with Crippen LogP contribution in [0, 0.1) is 5.82 Å². The summed E-state index contributed by atoms with van der Waals surface area (Å²) in [5.74, 6) is -0.328. The van der Waals surface area contributed by atoms with Crippen LogP contribution in [0.15, 0.2) is 18.2 Å². The molecule has 2 rings (SSSR count). The topological polar surface area (TPSA) is 15.3 Å². The molecule has 112 valence electrons. The van der Waals surface area contributed by atoms with Gasteiger partial charge in [-0.1, -0.05) is 37.6 Å². The monoisotopic (exact) mass is 298 g/mol. The van der Waals surface area contributed by atoms with E-state index in [-0.39, 0.29) is 16.4 Å². The molecule has 4 heteroatoms. The fourth-order valence-corrected chi connectivity index (χ4v) is 3.03. The van der Waals surface area contributed by atoms with E-state index in [1.807, 2.05) is 6.07 Å². The highest BCUT2D eigenvalue weighted by Crippen LogP contribution is 2.26.